The normalized spacial score (nSPS) is 15.3. The lowest BCUT2D eigenvalue weighted by Gasteiger charge is -2.18. The van der Waals surface area contributed by atoms with Crippen LogP contribution in [0.5, 0.6) is 0 Å². The van der Waals surface area contributed by atoms with Crippen LogP contribution in [0.25, 0.3) is 0 Å². The zero-order valence-electron chi connectivity index (χ0n) is 11.5. The van der Waals surface area contributed by atoms with Gasteiger partial charge in [0.05, 0.1) is 13.1 Å². The topological polar surface area (TPSA) is 28.4 Å². The van der Waals surface area contributed by atoms with Gasteiger partial charge in [-0.3, -0.25) is 4.90 Å². The molecule has 0 radical (unpaired) electrons. The molecule has 100 valence electrons. The van der Waals surface area contributed by atoms with E-state index in [-0.39, 0.29) is 0 Å². The quantitative estimate of drug-likeness (QED) is 0.717. The summed E-state index contributed by atoms with van der Waals surface area (Å²) in [6.45, 7) is 11.7. The van der Waals surface area contributed by atoms with Gasteiger partial charge in [0.25, 0.3) is 0 Å². The number of rotatable bonds is 8. The molecule has 0 unspecified atom stereocenters. The van der Waals surface area contributed by atoms with Gasteiger partial charge < -0.3 is 9.73 Å². The summed E-state index contributed by atoms with van der Waals surface area (Å²) >= 11 is 0. The lowest BCUT2D eigenvalue weighted by Crippen LogP contribution is -2.25. The van der Waals surface area contributed by atoms with Crippen molar-refractivity contribution >= 4 is 0 Å². The van der Waals surface area contributed by atoms with E-state index in [1.165, 1.54) is 18.4 Å². The highest BCUT2D eigenvalue weighted by atomic mass is 16.3. The van der Waals surface area contributed by atoms with E-state index in [4.69, 9.17) is 4.42 Å². The predicted molar refractivity (Wildman–Crippen MR) is 74.5 cm³/mol. The van der Waals surface area contributed by atoms with E-state index in [0.29, 0.717) is 0 Å². The summed E-state index contributed by atoms with van der Waals surface area (Å²) in [4.78, 5) is 2.45. The number of nitrogens with one attached hydrogen (secondary N) is 1. The van der Waals surface area contributed by atoms with Crippen LogP contribution in [0.15, 0.2) is 23.1 Å². The third kappa shape index (κ3) is 3.47. The van der Waals surface area contributed by atoms with Crippen LogP contribution in [0.4, 0.5) is 0 Å². The zero-order valence-corrected chi connectivity index (χ0v) is 11.5. The average Bonchev–Trinajstić information content (AvgIpc) is 3.12. The predicted octanol–water partition coefficient (Wildman–Crippen LogP) is 2.85. The Morgan fingerprint density at radius 3 is 2.94 bits per heavy atom. The first-order valence-corrected chi connectivity index (χ1v) is 6.88. The molecule has 1 fully saturated rings. The fraction of sp³-hybridized carbons (Fsp3) is 0.600. The Morgan fingerprint density at radius 2 is 2.33 bits per heavy atom. The summed E-state index contributed by atoms with van der Waals surface area (Å²) in [5.41, 5.74) is 1.25. The summed E-state index contributed by atoms with van der Waals surface area (Å²) in [5, 5.41) is 3.31. The third-order valence-corrected chi connectivity index (χ3v) is 3.39. The maximum Gasteiger partial charge on any atom is 0.120 e. The number of aryl methyl sites for hydroxylation is 1. The number of nitrogens with zero attached hydrogens (tertiary/aromatic N) is 1. The van der Waals surface area contributed by atoms with Gasteiger partial charge in [0.1, 0.15) is 11.5 Å². The molecule has 1 aliphatic carbocycles. The molecule has 0 spiro atoms. The van der Waals surface area contributed by atoms with Gasteiger partial charge in [0.15, 0.2) is 0 Å². The minimum absolute atomic E-state index is 0.741. The van der Waals surface area contributed by atoms with Crippen molar-refractivity contribution in [3.8, 4) is 0 Å². The van der Waals surface area contributed by atoms with Gasteiger partial charge in [-0.05, 0) is 37.9 Å². The summed E-state index contributed by atoms with van der Waals surface area (Å²) in [6.07, 6.45) is 4.61. The van der Waals surface area contributed by atoms with Crippen LogP contribution in [0.3, 0.4) is 0 Å². The maximum atomic E-state index is 5.93. The molecule has 2 rings (SSSR count). The Hall–Kier alpha value is -1.06. The van der Waals surface area contributed by atoms with E-state index in [9.17, 15) is 0 Å². The van der Waals surface area contributed by atoms with Gasteiger partial charge in [-0.25, -0.2) is 0 Å². The first-order chi connectivity index (χ1) is 8.74. The standard InChI is InChI=1S/C15H24N2O/c1-4-8-17(13-6-7-13)11-14-9-12(3)15(18-14)10-16-5-2/h4,9,13,16H,1,5-8,10-11H2,2-3H3. The van der Waals surface area contributed by atoms with Gasteiger partial charge in [0, 0.05) is 12.6 Å². The van der Waals surface area contributed by atoms with Crippen LogP contribution in [0.1, 0.15) is 36.8 Å². The first kappa shape index (κ1) is 13.4. The van der Waals surface area contributed by atoms with E-state index in [1.807, 2.05) is 6.08 Å². The molecule has 0 bridgehead atoms. The Balaban J connectivity index is 1.97. The van der Waals surface area contributed by atoms with Gasteiger partial charge in [-0.15, -0.1) is 6.58 Å². The molecule has 3 nitrogen and oxygen atoms in total. The minimum Gasteiger partial charge on any atom is -0.463 e. The van der Waals surface area contributed by atoms with E-state index in [2.05, 4.69) is 36.7 Å². The van der Waals surface area contributed by atoms with Crippen LogP contribution in [0, 0.1) is 6.92 Å². The lowest BCUT2D eigenvalue weighted by atomic mass is 10.2. The van der Waals surface area contributed by atoms with Crippen LogP contribution >= 0.6 is 0 Å². The van der Waals surface area contributed by atoms with Crippen molar-refractivity contribution in [3.63, 3.8) is 0 Å². The van der Waals surface area contributed by atoms with Crippen molar-refractivity contribution in [2.75, 3.05) is 13.1 Å². The monoisotopic (exact) mass is 248 g/mol. The second-order valence-electron chi connectivity index (χ2n) is 5.05. The number of hydrogen-bond acceptors (Lipinski definition) is 3. The Labute approximate surface area is 110 Å². The molecule has 1 aliphatic rings. The Kier molecular flexibility index (Phi) is 4.61. The van der Waals surface area contributed by atoms with Crippen molar-refractivity contribution in [3.05, 3.63) is 35.8 Å². The van der Waals surface area contributed by atoms with E-state index in [1.54, 1.807) is 0 Å². The third-order valence-electron chi connectivity index (χ3n) is 3.39. The molecule has 18 heavy (non-hydrogen) atoms. The smallest absolute Gasteiger partial charge is 0.120 e. The van der Waals surface area contributed by atoms with Crippen LogP contribution in [-0.2, 0) is 13.1 Å². The minimum atomic E-state index is 0.741. The van der Waals surface area contributed by atoms with E-state index < -0.39 is 0 Å². The highest BCUT2D eigenvalue weighted by molar-refractivity contribution is 5.20. The average molecular weight is 248 g/mol. The summed E-state index contributed by atoms with van der Waals surface area (Å²) < 4.78 is 5.93. The fourth-order valence-electron chi connectivity index (χ4n) is 2.23. The first-order valence-electron chi connectivity index (χ1n) is 6.88. The SMILES string of the molecule is C=CCN(Cc1cc(C)c(CNCC)o1)C1CC1. The van der Waals surface area contributed by atoms with Crippen molar-refractivity contribution in [2.45, 2.75) is 45.8 Å². The molecule has 0 atom stereocenters. The molecule has 0 amide bonds. The van der Waals surface area contributed by atoms with Gasteiger partial charge in [-0.1, -0.05) is 13.0 Å². The highest BCUT2D eigenvalue weighted by Gasteiger charge is 2.28. The van der Waals surface area contributed by atoms with E-state index >= 15 is 0 Å². The molecule has 1 aromatic heterocycles. The van der Waals surface area contributed by atoms with Gasteiger partial charge in [0.2, 0.25) is 0 Å². The second kappa shape index (κ2) is 6.21. The molecule has 0 aliphatic heterocycles. The molecule has 0 aromatic carbocycles. The summed E-state index contributed by atoms with van der Waals surface area (Å²) in [5.74, 6) is 2.15. The van der Waals surface area contributed by atoms with Crippen molar-refractivity contribution in [1.29, 1.82) is 0 Å². The second-order valence-corrected chi connectivity index (χ2v) is 5.05. The molecular formula is C15H24N2O. The lowest BCUT2D eigenvalue weighted by molar-refractivity contribution is 0.255. The fourth-order valence-corrected chi connectivity index (χ4v) is 2.23. The largest absolute Gasteiger partial charge is 0.463 e. The molecule has 3 heteroatoms. The molecule has 1 saturated carbocycles. The summed E-state index contributed by atoms with van der Waals surface area (Å²) in [7, 11) is 0. The van der Waals surface area contributed by atoms with Crippen LogP contribution in [0.2, 0.25) is 0 Å². The highest BCUT2D eigenvalue weighted by Crippen LogP contribution is 2.28. The van der Waals surface area contributed by atoms with Crippen LogP contribution in [-0.4, -0.2) is 24.0 Å². The van der Waals surface area contributed by atoms with Crippen molar-refractivity contribution < 1.29 is 4.42 Å². The van der Waals surface area contributed by atoms with E-state index in [0.717, 1.165) is 43.7 Å². The van der Waals surface area contributed by atoms with Crippen molar-refractivity contribution in [1.82, 2.24) is 10.2 Å². The molecule has 1 N–H and O–H groups in total. The van der Waals surface area contributed by atoms with Crippen LogP contribution < -0.4 is 5.32 Å². The maximum absolute atomic E-state index is 5.93. The van der Waals surface area contributed by atoms with Crippen molar-refractivity contribution in [2.24, 2.45) is 0 Å². The number of hydrogen-bond donors (Lipinski definition) is 1. The summed E-state index contributed by atoms with van der Waals surface area (Å²) in [6, 6.07) is 2.91. The molecule has 0 saturated heterocycles. The molecule has 1 aromatic rings. The number of furan rings is 1. The molecular weight excluding hydrogens is 224 g/mol. The molecule has 1 heterocycles. The zero-order chi connectivity index (χ0) is 13.0. The van der Waals surface area contributed by atoms with Gasteiger partial charge in [-0.2, -0.15) is 0 Å². The Morgan fingerprint density at radius 1 is 1.56 bits per heavy atom. The Bertz CT molecular complexity index is 393. The van der Waals surface area contributed by atoms with Gasteiger partial charge >= 0.3 is 0 Å².